The molecule has 0 aliphatic heterocycles. The third kappa shape index (κ3) is 3.74. The number of rotatable bonds is 6. The van der Waals surface area contributed by atoms with Gasteiger partial charge >= 0.3 is 0 Å². The molecule has 2 aromatic rings. The number of nitrogens with one attached hydrogen (secondary N) is 1. The lowest BCUT2D eigenvalue weighted by Crippen LogP contribution is -2.28. The molecule has 1 heterocycles. The number of nitrogens with zero attached hydrogens (tertiary/aromatic N) is 2. The van der Waals surface area contributed by atoms with E-state index in [0.717, 1.165) is 0 Å². The number of hydrogen-bond acceptors (Lipinski definition) is 6. The first-order valence-electron chi connectivity index (χ1n) is 7.08. The van der Waals surface area contributed by atoms with Crippen molar-refractivity contribution < 1.29 is 22.5 Å². The summed E-state index contributed by atoms with van der Waals surface area (Å²) < 4.78 is 37.4. The van der Waals surface area contributed by atoms with Crippen LogP contribution < -0.4 is 9.46 Å². The predicted molar refractivity (Wildman–Crippen MR) is 86.3 cm³/mol. The largest absolute Gasteiger partial charge is 0.496 e. The van der Waals surface area contributed by atoms with Crippen molar-refractivity contribution in [2.45, 2.75) is 17.9 Å². The van der Waals surface area contributed by atoms with Crippen molar-refractivity contribution in [2.24, 2.45) is 0 Å². The van der Waals surface area contributed by atoms with Crippen molar-refractivity contribution in [3.63, 3.8) is 0 Å². The lowest BCUT2D eigenvalue weighted by Gasteiger charge is -2.16. The van der Waals surface area contributed by atoms with E-state index in [1.165, 1.54) is 36.5 Å². The zero-order chi connectivity index (χ0) is 17.9. The molecule has 1 atom stereocenters. The summed E-state index contributed by atoms with van der Waals surface area (Å²) in [5, 5.41) is 3.71. The SMILES string of the molecule is COc1ccc(S(=O)(=O)NC(C)c2ccon2)cc1C(=O)N(C)C. The first kappa shape index (κ1) is 18.0. The Morgan fingerprint density at radius 1 is 1.33 bits per heavy atom. The van der Waals surface area contributed by atoms with Gasteiger partial charge in [0.1, 0.15) is 17.7 Å². The van der Waals surface area contributed by atoms with Crippen molar-refractivity contribution in [1.82, 2.24) is 14.8 Å². The van der Waals surface area contributed by atoms with Gasteiger partial charge in [0.15, 0.2) is 0 Å². The van der Waals surface area contributed by atoms with Crippen molar-refractivity contribution in [3.8, 4) is 5.75 Å². The van der Waals surface area contributed by atoms with E-state index in [9.17, 15) is 13.2 Å². The number of aromatic nitrogens is 1. The average Bonchev–Trinajstić information content (AvgIpc) is 3.07. The normalized spacial score (nSPS) is 12.7. The maximum absolute atomic E-state index is 12.5. The monoisotopic (exact) mass is 353 g/mol. The molecule has 1 amide bonds. The van der Waals surface area contributed by atoms with Gasteiger partial charge in [-0.3, -0.25) is 4.79 Å². The summed E-state index contributed by atoms with van der Waals surface area (Å²) in [5.41, 5.74) is 0.621. The molecule has 2 rings (SSSR count). The molecule has 9 heteroatoms. The van der Waals surface area contributed by atoms with E-state index in [-0.39, 0.29) is 16.4 Å². The molecular weight excluding hydrogens is 334 g/mol. The Morgan fingerprint density at radius 2 is 2.04 bits per heavy atom. The number of hydrogen-bond donors (Lipinski definition) is 1. The van der Waals surface area contributed by atoms with Gasteiger partial charge in [0.2, 0.25) is 10.0 Å². The third-order valence-corrected chi connectivity index (χ3v) is 4.89. The van der Waals surface area contributed by atoms with Crippen molar-refractivity contribution >= 4 is 15.9 Å². The van der Waals surface area contributed by atoms with E-state index >= 15 is 0 Å². The Hall–Kier alpha value is -2.39. The van der Waals surface area contributed by atoms with Gasteiger partial charge in [-0.05, 0) is 25.1 Å². The first-order chi connectivity index (χ1) is 11.3. The van der Waals surface area contributed by atoms with Crippen LogP contribution in [0, 0.1) is 0 Å². The molecule has 0 bridgehead atoms. The smallest absolute Gasteiger partial charge is 0.257 e. The van der Waals surface area contributed by atoms with Crippen LogP contribution in [-0.2, 0) is 10.0 Å². The molecule has 1 N–H and O–H groups in total. The third-order valence-electron chi connectivity index (χ3n) is 3.35. The molecule has 0 aliphatic rings. The second kappa shape index (κ2) is 7.02. The molecule has 8 nitrogen and oxygen atoms in total. The fourth-order valence-electron chi connectivity index (χ4n) is 2.07. The predicted octanol–water partition coefficient (Wildman–Crippen LogP) is 1.42. The van der Waals surface area contributed by atoms with Gasteiger partial charge in [0.05, 0.1) is 23.6 Å². The fourth-order valence-corrected chi connectivity index (χ4v) is 3.31. The van der Waals surface area contributed by atoms with Gasteiger partial charge in [0.25, 0.3) is 5.91 Å². The number of carbonyl (C=O) groups is 1. The van der Waals surface area contributed by atoms with Crippen molar-refractivity contribution in [2.75, 3.05) is 21.2 Å². The quantitative estimate of drug-likeness (QED) is 0.843. The molecule has 0 radical (unpaired) electrons. The topological polar surface area (TPSA) is 102 Å². The Labute approximate surface area is 140 Å². The summed E-state index contributed by atoms with van der Waals surface area (Å²) in [6, 6.07) is 5.11. The van der Waals surface area contributed by atoms with Crippen LogP contribution in [0.1, 0.15) is 29.0 Å². The van der Waals surface area contributed by atoms with Crippen LogP contribution in [0.4, 0.5) is 0 Å². The number of sulfonamides is 1. The number of amides is 1. The molecule has 0 saturated carbocycles. The molecule has 130 valence electrons. The highest BCUT2D eigenvalue weighted by Crippen LogP contribution is 2.24. The zero-order valence-electron chi connectivity index (χ0n) is 13.8. The standard InChI is InChI=1S/C15H19N3O5S/c1-10(13-7-8-23-16-13)17-24(20,21)11-5-6-14(22-4)12(9-11)15(19)18(2)3/h5-10,17H,1-4H3. The van der Waals surface area contributed by atoms with E-state index < -0.39 is 16.1 Å². The Kier molecular flexibility index (Phi) is 5.25. The van der Waals surface area contributed by atoms with E-state index in [4.69, 9.17) is 9.26 Å². The van der Waals surface area contributed by atoms with Gasteiger partial charge in [-0.25, -0.2) is 13.1 Å². The van der Waals surface area contributed by atoms with E-state index in [1.54, 1.807) is 27.1 Å². The maximum atomic E-state index is 12.5. The highest BCUT2D eigenvalue weighted by molar-refractivity contribution is 7.89. The molecule has 1 aromatic carbocycles. The van der Waals surface area contributed by atoms with E-state index in [2.05, 4.69) is 9.88 Å². The lowest BCUT2D eigenvalue weighted by molar-refractivity contribution is 0.0824. The number of methoxy groups -OCH3 is 1. The van der Waals surface area contributed by atoms with E-state index in [0.29, 0.717) is 11.4 Å². The molecular formula is C15H19N3O5S. The maximum Gasteiger partial charge on any atom is 0.257 e. The van der Waals surface area contributed by atoms with Crippen LogP contribution in [-0.4, -0.2) is 45.6 Å². The van der Waals surface area contributed by atoms with Gasteiger partial charge in [-0.15, -0.1) is 0 Å². The van der Waals surface area contributed by atoms with Crippen LogP contribution in [0.25, 0.3) is 0 Å². The van der Waals surface area contributed by atoms with Crippen LogP contribution in [0.15, 0.2) is 39.9 Å². The number of ether oxygens (including phenoxy) is 1. The summed E-state index contributed by atoms with van der Waals surface area (Å²) in [6.07, 6.45) is 1.36. The molecule has 1 unspecified atom stereocenters. The Bertz CT molecular complexity index is 816. The number of carbonyl (C=O) groups excluding carboxylic acids is 1. The summed E-state index contributed by atoms with van der Waals surface area (Å²) in [5.74, 6) is -0.0503. The lowest BCUT2D eigenvalue weighted by atomic mass is 10.2. The van der Waals surface area contributed by atoms with Crippen LogP contribution in [0.3, 0.4) is 0 Å². The second-order valence-corrected chi connectivity index (χ2v) is 7.04. The first-order valence-corrected chi connectivity index (χ1v) is 8.57. The van der Waals surface area contributed by atoms with Gasteiger partial charge in [0, 0.05) is 20.2 Å². The second-order valence-electron chi connectivity index (χ2n) is 5.33. The molecule has 0 fully saturated rings. The number of benzene rings is 1. The summed E-state index contributed by atoms with van der Waals surface area (Å²) >= 11 is 0. The Balaban J connectivity index is 2.36. The molecule has 1 aromatic heterocycles. The van der Waals surface area contributed by atoms with Crippen LogP contribution in [0.5, 0.6) is 5.75 Å². The highest BCUT2D eigenvalue weighted by Gasteiger charge is 2.23. The molecule has 0 spiro atoms. The van der Waals surface area contributed by atoms with Gasteiger partial charge < -0.3 is 14.2 Å². The van der Waals surface area contributed by atoms with E-state index in [1.807, 2.05) is 0 Å². The van der Waals surface area contributed by atoms with Gasteiger partial charge in [-0.1, -0.05) is 5.16 Å². The van der Waals surface area contributed by atoms with Crippen LogP contribution in [0.2, 0.25) is 0 Å². The Morgan fingerprint density at radius 3 is 2.58 bits per heavy atom. The average molecular weight is 353 g/mol. The van der Waals surface area contributed by atoms with Crippen molar-refractivity contribution in [1.29, 1.82) is 0 Å². The zero-order valence-corrected chi connectivity index (χ0v) is 14.6. The van der Waals surface area contributed by atoms with Crippen molar-refractivity contribution in [3.05, 3.63) is 41.8 Å². The molecule has 0 aliphatic carbocycles. The minimum atomic E-state index is -3.85. The molecule has 24 heavy (non-hydrogen) atoms. The summed E-state index contributed by atoms with van der Waals surface area (Å²) in [6.45, 7) is 1.64. The summed E-state index contributed by atoms with van der Waals surface area (Å²) in [7, 11) is 0.722. The fraction of sp³-hybridized carbons (Fsp3) is 0.333. The minimum Gasteiger partial charge on any atom is -0.496 e. The van der Waals surface area contributed by atoms with Crippen LogP contribution >= 0.6 is 0 Å². The van der Waals surface area contributed by atoms with Gasteiger partial charge in [-0.2, -0.15) is 0 Å². The molecule has 0 saturated heterocycles. The highest BCUT2D eigenvalue weighted by atomic mass is 32.2. The minimum absolute atomic E-state index is 0.0381. The summed E-state index contributed by atoms with van der Waals surface area (Å²) in [4.78, 5) is 13.5.